The SMILES string of the molecule is C=CCCC(=O)N(Cc1ccoc1)C1CC(C(=O)NCCO)=CC(Oc2ccccc2I)C1O. The minimum atomic E-state index is -1.08. The van der Waals surface area contributed by atoms with E-state index in [9.17, 15) is 14.7 Å². The molecule has 1 aromatic carbocycles. The maximum Gasteiger partial charge on any atom is 0.247 e. The van der Waals surface area contributed by atoms with Crippen molar-refractivity contribution >= 4 is 34.4 Å². The number of furan rings is 1. The molecule has 2 aromatic rings. The van der Waals surface area contributed by atoms with Crippen molar-refractivity contribution in [3.63, 3.8) is 0 Å². The Balaban J connectivity index is 1.94. The molecule has 0 saturated carbocycles. The van der Waals surface area contributed by atoms with E-state index in [0.717, 1.165) is 9.13 Å². The van der Waals surface area contributed by atoms with E-state index >= 15 is 0 Å². The van der Waals surface area contributed by atoms with Gasteiger partial charge in [-0.1, -0.05) is 18.2 Å². The van der Waals surface area contributed by atoms with Gasteiger partial charge in [0.2, 0.25) is 11.8 Å². The van der Waals surface area contributed by atoms with Crippen LogP contribution in [0.25, 0.3) is 0 Å². The molecule has 182 valence electrons. The van der Waals surface area contributed by atoms with Crippen LogP contribution in [-0.4, -0.2) is 58.3 Å². The van der Waals surface area contributed by atoms with Gasteiger partial charge in [-0.15, -0.1) is 6.58 Å². The molecule has 0 bridgehead atoms. The van der Waals surface area contributed by atoms with Gasteiger partial charge in [0.15, 0.2) is 0 Å². The highest BCUT2D eigenvalue weighted by atomic mass is 127. The van der Waals surface area contributed by atoms with Crippen LogP contribution in [0.1, 0.15) is 24.8 Å². The quantitative estimate of drug-likeness (QED) is 0.279. The average Bonchev–Trinajstić information content (AvgIpc) is 3.35. The van der Waals surface area contributed by atoms with E-state index in [0.29, 0.717) is 17.7 Å². The Morgan fingerprint density at radius 1 is 1.32 bits per heavy atom. The fourth-order valence-corrected chi connectivity index (χ4v) is 4.32. The van der Waals surface area contributed by atoms with Gasteiger partial charge in [0.1, 0.15) is 18.0 Å². The van der Waals surface area contributed by atoms with Crippen molar-refractivity contribution in [1.29, 1.82) is 0 Å². The van der Waals surface area contributed by atoms with Crippen LogP contribution in [0, 0.1) is 3.57 Å². The van der Waals surface area contributed by atoms with Crippen LogP contribution in [0.2, 0.25) is 0 Å². The normalized spacial score (nSPS) is 19.7. The van der Waals surface area contributed by atoms with Crippen LogP contribution in [-0.2, 0) is 16.1 Å². The summed E-state index contributed by atoms with van der Waals surface area (Å²) in [5, 5.41) is 23.1. The van der Waals surface area contributed by atoms with E-state index in [1.807, 2.05) is 18.2 Å². The topological polar surface area (TPSA) is 112 Å². The van der Waals surface area contributed by atoms with Gasteiger partial charge in [0.25, 0.3) is 0 Å². The smallest absolute Gasteiger partial charge is 0.247 e. The number of ether oxygens (including phenoxy) is 1. The van der Waals surface area contributed by atoms with Gasteiger partial charge in [-0.3, -0.25) is 9.59 Å². The van der Waals surface area contributed by atoms with Crippen LogP contribution < -0.4 is 10.1 Å². The molecule has 3 atom stereocenters. The summed E-state index contributed by atoms with van der Waals surface area (Å²) in [6.45, 7) is 3.81. The monoisotopic (exact) mass is 580 g/mol. The standard InChI is InChI=1S/C25H29IN2O6/c1-2-3-8-23(30)28(15-17-9-12-33-16-17)20-13-18(25(32)27-10-11-29)14-22(24(20)31)34-21-7-5-4-6-19(21)26/h2,4-7,9,12,14,16,20,22,24,29,31H,1,3,8,10-11,13,15H2,(H,27,32). The molecule has 3 rings (SSSR count). The molecule has 0 radical (unpaired) electrons. The van der Waals surface area contributed by atoms with Crippen molar-refractivity contribution in [2.45, 2.75) is 44.1 Å². The summed E-state index contributed by atoms with van der Waals surface area (Å²) in [6.07, 6.45) is 5.26. The van der Waals surface area contributed by atoms with Gasteiger partial charge in [-0.25, -0.2) is 0 Å². The largest absolute Gasteiger partial charge is 0.482 e. The van der Waals surface area contributed by atoms with Gasteiger partial charge in [0.05, 0.1) is 28.7 Å². The number of allylic oxidation sites excluding steroid dienone is 1. The molecule has 0 aliphatic heterocycles. The highest BCUT2D eigenvalue weighted by Crippen LogP contribution is 2.30. The second kappa shape index (κ2) is 12.7. The molecule has 34 heavy (non-hydrogen) atoms. The number of rotatable bonds is 11. The number of nitrogens with one attached hydrogen (secondary N) is 1. The van der Waals surface area contributed by atoms with E-state index in [4.69, 9.17) is 14.3 Å². The summed E-state index contributed by atoms with van der Waals surface area (Å²) in [7, 11) is 0. The van der Waals surface area contributed by atoms with Gasteiger partial charge < -0.3 is 29.6 Å². The van der Waals surface area contributed by atoms with E-state index in [-0.39, 0.29) is 44.4 Å². The highest BCUT2D eigenvalue weighted by molar-refractivity contribution is 14.1. The molecular formula is C25H29IN2O6. The van der Waals surface area contributed by atoms with E-state index < -0.39 is 18.2 Å². The number of hydrogen-bond acceptors (Lipinski definition) is 6. The number of carbonyl (C=O) groups is 2. The Kier molecular flexibility index (Phi) is 9.73. The first kappa shape index (κ1) is 26.0. The molecule has 1 aliphatic carbocycles. The molecule has 2 amide bonds. The zero-order chi connectivity index (χ0) is 24.5. The zero-order valence-electron chi connectivity index (χ0n) is 18.7. The molecule has 1 heterocycles. The minimum Gasteiger partial charge on any atom is -0.482 e. The molecule has 9 heteroatoms. The number of nitrogens with zero attached hydrogens (tertiary/aromatic N) is 1. The lowest BCUT2D eigenvalue weighted by Gasteiger charge is -2.40. The van der Waals surface area contributed by atoms with Gasteiger partial charge in [0, 0.05) is 37.1 Å². The number of halogens is 1. The molecule has 0 saturated heterocycles. The fraction of sp³-hybridized carbons (Fsp3) is 0.360. The molecule has 0 spiro atoms. The third-order valence-electron chi connectivity index (χ3n) is 5.53. The Morgan fingerprint density at radius 3 is 2.79 bits per heavy atom. The molecular weight excluding hydrogens is 551 g/mol. The van der Waals surface area contributed by atoms with Crippen LogP contribution in [0.15, 0.2) is 71.6 Å². The predicted octanol–water partition coefficient (Wildman–Crippen LogP) is 2.79. The van der Waals surface area contributed by atoms with Gasteiger partial charge in [-0.2, -0.15) is 0 Å². The lowest BCUT2D eigenvalue weighted by molar-refractivity contribution is -0.139. The number of carbonyl (C=O) groups excluding carboxylic acids is 2. The Bertz CT molecular complexity index is 1010. The maximum absolute atomic E-state index is 13.2. The first-order valence-corrected chi connectivity index (χ1v) is 12.1. The zero-order valence-corrected chi connectivity index (χ0v) is 20.9. The predicted molar refractivity (Wildman–Crippen MR) is 135 cm³/mol. The van der Waals surface area contributed by atoms with Crippen LogP contribution in [0.3, 0.4) is 0 Å². The number of aliphatic hydroxyl groups excluding tert-OH is 2. The summed E-state index contributed by atoms with van der Waals surface area (Å²) in [5.41, 5.74) is 1.16. The van der Waals surface area contributed by atoms with Crippen molar-refractivity contribution in [1.82, 2.24) is 10.2 Å². The molecule has 3 N–H and O–H groups in total. The number of para-hydroxylation sites is 1. The number of hydrogen-bond donors (Lipinski definition) is 3. The van der Waals surface area contributed by atoms with Gasteiger partial charge in [-0.05, 0) is 53.3 Å². The second-order valence-corrected chi connectivity index (χ2v) is 9.09. The molecule has 8 nitrogen and oxygen atoms in total. The highest BCUT2D eigenvalue weighted by Gasteiger charge is 2.40. The van der Waals surface area contributed by atoms with Crippen molar-refractivity contribution in [2.75, 3.05) is 13.2 Å². The molecule has 1 aromatic heterocycles. The van der Waals surface area contributed by atoms with E-state index in [2.05, 4.69) is 34.5 Å². The molecule has 1 aliphatic rings. The lowest BCUT2D eigenvalue weighted by Crippen LogP contribution is -2.54. The average molecular weight is 580 g/mol. The van der Waals surface area contributed by atoms with Crippen LogP contribution in [0.4, 0.5) is 0 Å². The van der Waals surface area contributed by atoms with E-state index in [1.165, 1.54) is 6.26 Å². The van der Waals surface area contributed by atoms with Crippen molar-refractivity contribution in [3.8, 4) is 5.75 Å². The second-order valence-electron chi connectivity index (χ2n) is 7.93. The Labute approximate surface area is 212 Å². The first-order chi connectivity index (χ1) is 16.4. The van der Waals surface area contributed by atoms with Crippen LogP contribution >= 0.6 is 22.6 Å². The Hall–Kier alpha value is -2.63. The summed E-state index contributed by atoms with van der Waals surface area (Å²) >= 11 is 2.14. The first-order valence-electron chi connectivity index (χ1n) is 11.0. The third kappa shape index (κ3) is 6.71. The minimum absolute atomic E-state index is 0.0997. The fourth-order valence-electron chi connectivity index (χ4n) is 3.81. The molecule has 3 unspecified atom stereocenters. The maximum atomic E-state index is 13.2. The Morgan fingerprint density at radius 2 is 2.12 bits per heavy atom. The van der Waals surface area contributed by atoms with Crippen LogP contribution in [0.5, 0.6) is 5.75 Å². The number of amides is 2. The van der Waals surface area contributed by atoms with Crippen molar-refractivity contribution < 1.29 is 29.0 Å². The molecule has 0 fully saturated rings. The third-order valence-corrected chi connectivity index (χ3v) is 6.42. The lowest BCUT2D eigenvalue weighted by atomic mass is 9.87. The van der Waals surface area contributed by atoms with E-state index in [1.54, 1.807) is 35.4 Å². The summed E-state index contributed by atoms with van der Waals surface area (Å²) in [4.78, 5) is 27.6. The number of aliphatic hydroxyl groups is 2. The van der Waals surface area contributed by atoms with Gasteiger partial charge >= 0.3 is 0 Å². The number of benzene rings is 1. The summed E-state index contributed by atoms with van der Waals surface area (Å²) < 4.78 is 12.1. The van der Waals surface area contributed by atoms with Crippen molar-refractivity contribution in [2.24, 2.45) is 0 Å². The van der Waals surface area contributed by atoms with Crippen molar-refractivity contribution in [3.05, 3.63) is 76.3 Å². The summed E-state index contributed by atoms with van der Waals surface area (Å²) in [5.74, 6) is 0.0258. The summed E-state index contributed by atoms with van der Waals surface area (Å²) in [6, 6.07) is 8.42.